The van der Waals surface area contributed by atoms with Gasteiger partial charge < -0.3 is 10.1 Å². The van der Waals surface area contributed by atoms with Gasteiger partial charge in [0, 0.05) is 23.8 Å². The van der Waals surface area contributed by atoms with Crippen LogP contribution in [0, 0.1) is 6.92 Å². The number of aryl methyl sites for hydroxylation is 1. The van der Waals surface area contributed by atoms with Crippen LogP contribution in [0.4, 0.5) is 0 Å². The molecule has 0 amide bonds. The molecule has 1 aromatic heterocycles. The third-order valence-electron chi connectivity index (χ3n) is 3.49. The molecule has 1 heterocycles. The van der Waals surface area contributed by atoms with Gasteiger partial charge in [-0.05, 0) is 44.5 Å². The lowest BCUT2D eigenvalue weighted by molar-refractivity contribution is 0.395. The molecule has 0 radical (unpaired) electrons. The fraction of sp³-hybridized carbons (Fsp3) is 0.353. The first-order valence-electron chi connectivity index (χ1n) is 6.93. The van der Waals surface area contributed by atoms with Gasteiger partial charge in [0.15, 0.2) is 0 Å². The van der Waals surface area contributed by atoms with E-state index in [1.807, 2.05) is 24.4 Å². The lowest BCUT2D eigenvalue weighted by Crippen LogP contribution is -2.23. The average molecular weight is 270 g/mol. The van der Waals surface area contributed by atoms with E-state index in [1.165, 1.54) is 11.1 Å². The summed E-state index contributed by atoms with van der Waals surface area (Å²) in [5.41, 5.74) is 3.42. The highest BCUT2D eigenvalue weighted by atomic mass is 16.5. The van der Waals surface area contributed by atoms with Crippen molar-refractivity contribution >= 4 is 0 Å². The summed E-state index contributed by atoms with van der Waals surface area (Å²) in [7, 11) is 1.72. The largest absolute Gasteiger partial charge is 0.496 e. The van der Waals surface area contributed by atoms with Crippen LogP contribution in [0.5, 0.6) is 5.75 Å². The van der Waals surface area contributed by atoms with Gasteiger partial charge in [-0.15, -0.1) is 0 Å². The molecule has 0 saturated heterocycles. The smallest absolute Gasteiger partial charge is 0.123 e. The second kappa shape index (κ2) is 6.53. The van der Waals surface area contributed by atoms with Gasteiger partial charge in [-0.1, -0.05) is 18.2 Å². The molecule has 2 rings (SSSR count). The van der Waals surface area contributed by atoms with Gasteiger partial charge in [-0.25, -0.2) is 0 Å². The molecule has 1 aromatic carbocycles. The maximum Gasteiger partial charge on any atom is 0.123 e. The molecular formula is C17H22N2O. The van der Waals surface area contributed by atoms with E-state index in [0.29, 0.717) is 0 Å². The van der Waals surface area contributed by atoms with Gasteiger partial charge in [-0.3, -0.25) is 4.98 Å². The van der Waals surface area contributed by atoms with Crippen LogP contribution in [-0.4, -0.2) is 12.1 Å². The van der Waals surface area contributed by atoms with Gasteiger partial charge in [0.1, 0.15) is 5.75 Å². The number of nitrogens with zero attached hydrogens (tertiary/aromatic N) is 1. The van der Waals surface area contributed by atoms with E-state index in [-0.39, 0.29) is 12.1 Å². The van der Waals surface area contributed by atoms with Crippen molar-refractivity contribution in [2.75, 3.05) is 7.11 Å². The first kappa shape index (κ1) is 14.5. The second-order valence-corrected chi connectivity index (χ2v) is 5.11. The Morgan fingerprint density at radius 2 is 1.90 bits per heavy atom. The summed E-state index contributed by atoms with van der Waals surface area (Å²) in [6, 6.07) is 12.7. The molecular weight excluding hydrogens is 248 g/mol. The number of benzene rings is 1. The van der Waals surface area contributed by atoms with Crippen molar-refractivity contribution in [1.82, 2.24) is 10.3 Å². The molecule has 3 nitrogen and oxygen atoms in total. The maximum atomic E-state index is 5.48. The van der Waals surface area contributed by atoms with Crippen molar-refractivity contribution in [3.63, 3.8) is 0 Å². The minimum atomic E-state index is 0.192. The van der Waals surface area contributed by atoms with E-state index in [1.54, 1.807) is 7.11 Å². The number of methoxy groups -OCH3 is 1. The van der Waals surface area contributed by atoms with E-state index >= 15 is 0 Å². The average Bonchev–Trinajstić information content (AvgIpc) is 2.47. The highest BCUT2D eigenvalue weighted by Crippen LogP contribution is 2.27. The van der Waals surface area contributed by atoms with Crippen LogP contribution in [0.3, 0.4) is 0 Å². The third-order valence-corrected chi connectivity index (χ3v) is 3.49. The molecule has 1 N–H and O–H groups in total. The predicted octanol–water partition coefficient (Wildman–Crippen LogP) is 3.81. The van der Waals surface area contributed by atoms with Crippen LogP contribution in [0.1, 0.15) is 42.8 Å². The lowest BCUT2D eigenvalue weighted by atomic mass is 10.0. The molecule has 2 aromatic rings. The Kier molecular flexibility index (Phi) is 4.74. The monoisotopic (exact) mass is 270 g/mol. The number of pyridine rings is 1. The highest BCUT2D eigenvalue weighted by molar-refractivity contribution is 5.39. The zero-order valence-corrected chi connectivity index (χ0v) is 12.6. The van der Waals surface area contributed by atoms with Crippen molar-refractivity contribution in [2.24, 2.45) is 0 Å². The summed E-state index contributed by atoms with van der Waals surface area (Å²) >= 11 is 0. The van der Waals surface area contributed by atoms with Crippen LogP contribution in [0.25, 0.3) is 0 Å². The molecule has 0 aliphatic heterocycles. The Morgan fingerprint density at radius 1 is 1.10 bits per heavy atom. The van der Waals surface area contributed by atoms with Crippen LogP contribution < -0.4 is 10.1 Å². The Balaban J connectivity index is 2.14. The van der Waals surface area contributed by atoms with Crippen LogP contribution in [0.15, 0.2) is 42.6 Å². The van der Waals surface area contributed by atoms with E-state index < -0.39 is 0 Å². The van der Waals surface area contributed by atoms with Crippen molar-refractivity contribution in [3.05, 3.63) is 59.4 Å². The summed E-state index contributed by atoms with van der Waals surface area (Å²) in [4.78, 5) is 4.39. The topological polar surface area (TPSA) is 34.1 Å². The summed E-state index contributed by atoms with van der Waals surface area (Å²) < 4.78 is 5.48. The molecule has 0 aliphatic carbocycles. The molecule has 0 bridgehead atoms. The molecule has 20 heavy (non-hydrogen) atoms. The molecule has 0 spiro atoms. The number of hydrogen-bond donors (Lipinski definition) is 1. The Bertz CT molecular complexity index is 554. The highest BCUT2D eigenvalue weighted by Gasteiger charge is 2.15. The van der Waals surface area contributed by atoms with E-state index in [2.05, 4.69) is 49.3 Å². The van der Waals surface area contributed by atoms with Crippen molar-refractivity contribution in [3.8, 4) is 5.75 Å². The number of aromatic nitrogens is 1. The molecule has 0 saturated carbocycles. The maximum absolute atomic E-state index is 5.48. The molecule has 0 aliphatic rings. The minimum absolute atomic E-state index is 0.192. The minimum Gasteiger partial charge on any atom is -0.496 e. The van der Waals surface area contributed by atoms with Gasteiger partial charge >= 0.3 is 0 Å². The first-order valence-corrected chi connectivity index (χ1v) is 6.93. The SMILES string of the molecule is COc1cc(C)ccc1C(C)N[C@H](C)c1ccccn1. The Morgan fingerprint density at radius 3 is 2.55 bits per heavy atom. The van der Waals surface area contributed by atoms with Crippen molar-refractivity contribution < 1.29 is 4.74 Å². The van der Waals surface area contributed by atoms with Gasteiger partial charge in [0.25, 0.3) is 0 Å². The number of hydrogen-bond acceptors (Lipinski definition) is 3. The van der Waals surface area contributed by atoms with Gasteiger partial charge in [-0.2, -0.15) is 0 Å². The second-order valence-electron chi connectivity index (χ2n) is 5.11. The Labute approximate surface area is 121 Å². The van der Waals surface area contributed by atoms with Crippen LogP contribution in [-0.2, 0) is 0 Å². The normalized spacial score (nSPS) is 13.8. The molecule has 3 heteroatoms. The molecule has 106 valence electrons. The summed E-state index contributed by atoms with van der Waals surface area (Å²) in [5.74, 6) is 0.929. The summed E-state index contributed by atoms with van der Waals surface area (Å²) in [6.45, 7) is 6.34. The van der Waals surface area contributed by atoms with E-state index in [4.69, 9.17) is 4.74 Å². The Hall–Kier alpha value is -1.87. The fourth-order valence-corrected chi connectivity index (χ4v) is 2.36. The van der Waals surface area contributed by atoms with Crippen molar-refractivity contribution in [2.45, 2.75) is 32.9 Å². The first-order chi connectivity index (χ1) is 9.61. The molecule has 0 fully saturated rings. The van der Waals surface area contributed by atoms with Crippen LogP contribution in [0.2, 0.25) is 0 Å². The van der Waals surface area contributed by atoms with E-state index in [9.17, 15) is 0 Å². The number of nitrogens with one attached hydrogen (secondary N) is 1. The molecule has 2 atom stereocenters. The standard InChI is InChI=1S/C17H22N2O/c1-12-8-9-15(17(11-12)20-4)13(2)19-14(3)16-7-5-6-10-18-16/h5-11,13-14,19H,1-4H3/t13?,14-/m1/s1. The van der Waals surface area contributed by atoms with Gasteiger partial charge in [0.05, 0.1) is 12.8 Å². The summed E-state index contributed by atoms with van der Waals surface area (Å²) in [6.07, 6.45) is 1.82. The van der Waals surface area contributed by atoms with Gasteiger partial charge in [0.2, 0.25) is 0 Å². The number of ether oxygens (including phenoxy) is 1. The number of rotatable bonds is 5. The quantitative estimate of drug-likeness (QED) is 0.897. The van der Waals surface area contributed by atoms with Crippen molar-refractivity contribution in [1.29, 1.82) is 0 Å². The zero-order valence-electron chi connectivity index (χ0n) is 12.6. The summed E-state index contributed by atoms with van der Waals surface area (Å²) in [5, 5.41) is 3.56. The van der Waals surface area contributed by atoms with Crippen LogP contribution >= 0.6 is 0 Å². The fourth-order valence-electron chi connectivity index (χ4n) is 2.36. The predicted molar refractivity (Wildman–Crippen MR) is 81.9 cm³/mol. The lowest BCUT2D eigenvalue weighted by Gasteiger charge is -2.22. The third kappa shape index (κ3) is 3.36. The van der Waals surface area contributed by atoms with E-state index in [0.717, 1.165) is 11.4 Å². The molecule has 1 unspecified atom stereocenters. The zero-order chi connectivity index (χ0) is 14.5.